The summed E-state index contributed by atoms with van der Waals surface area (Å²) in [6, 6.07) is 0. The Hall–Kier alpha value is -0.300. The van der Waals surface area contributed by atoms with Crippen molar-refractivity contribution in [2.45, 2.75) is 32.6 Å². The van der Waals surface area contributed by atoms with E-state index in [1.54, 1.807) is 0 Å². The maximum absolute atomic E-state index is 3.40. The minimum atomic E-state index is 1.09. The van der Waals surface area contributed by atoms with Crippen LogP contribution < -0.4 is 0 Å². The topological polar surface area (TPSA) is 0 Å². The maximum Gasteiger partial charge on any atom is 0.00342 e. The molecule has 0 rings (SSSR count). The van der Waals surface area contributed by atoms with Gasteiger partial charge in [-0.3, -0.25) is 0 Å². The Morgan fingerprint density at radius 2 is 1.54 bits per heavy atom. The van der Waals surface area contributed by atoms with E-state index in [4.69, 9.17) is 0 Å². The zero-order valence-electron chi connectivity index (χ0n) is 8.38. The summed E-state index contributed by atoms with van der Waals surface area (Å²) in [5, 5.41) is 1.09. The molecule has 0 aliphatic carbocycles. The van der Waals surface area contributed by atoms with Crippen LogP contribution in [0.25, 0.3) is 0 Å². The summed E-state index contributed by atoms with van der Waals surface area (Å²) in [7, 11) is 0. The van der Waals surface area contributed by atoms with Gasteiger partial charge in [-0.1, -0.05) is 65.7 Å². The van der Waals surface area contributed by atoms with Gasteiger partial charge in [-0.2, -0.15) is 0 Å². The zero-order chi connectivity index (χ0) is 9.78. The van der Waals surface area contributed by atoms with Crippen molar-refractivity contribution in [3.05, 3.63) is 36.5 Å². The Balaban J connectivity index is 3.34. The van der Waals surface area contributed by atoms with Crippen LogP contribution in [0.1, 0.15) is 32.6 Å². The van der Waals surface area contributed by atoms with Crippen molar-refractivity contribution in [2.75, 3.05) is 5.33 Å². The highest BCUT2D eigenvalue weighted by atomic mass is 79.9. The lowest BCUT2D eigenvalue weighted by molar-refractivity contribution is 0.959. The average molecular weight is 243 g/mol. The van der Waals surface area contributed by atoms with Gasteiger partial charge in [0.05, 0.1) is 0 Å². The molecule has 0 N–H and O–H groups in total. The highest BCUT2D eigenvalue weighted by Gasteiger charge is 1.76. The lowest BCUT2D eigenvalue weighted by atomic mass is 10.3. The van der Waals surface area contributed by atoms with Crippen LogP contribution in [0.5, 0.6) is 0 Å². The molecule has 0 saturated heterocycles. The van der Waals surface area contributed by atoms with Crippen LogP contribution in [0.4, 0.5) is 0 Å². The first-order valence-corrected chi connectivity index (χ1v) is 6.08. The maximum atomic E-state index is 3.40. The van der Waals surface area contributed by atoms with Crippen molar-refractivity contribution in [1.82, 2.24) is 0 Å². The van der Waals surface area contributed by atoms with Crippen LogP contribution in [0.3, 0.4) is 0 Å². The summed E-state index contributed by atoms with van der Waals surface area (Å²) >= 11 is 3.40. The van der Waals surface area contributed by atoms with Gasteiger partial charge in [0.1, 0.15) is 0 Å². The molecule has 0 heterocycles. The molecule has 0 aromatic rings. The zero-order valence-corrected chi connectivity index (χ0v) is 9.96. The van der Waals surface area contributed by atoms with Gasteiger partial charge in [0.15, 0.2) is 0 Å². The van der Waals surface area contributed by atoms with Gasteiger partial charge in [-0.05, 0) is 19.3 Å². The van der Waals surface area contributed by atoms with Crippen molar-refractivity contribution < 1.29 is 0 Å². The Bertz CT molecular complexity index is 166. The largest absolute Gasteiger partial charge is 0.0928 e. The number of allylic oxidation sites excluding steroid dienone is 6. The lowest BCUT2D eigenvalue weighted by Gasteiger charge is -1.84. The van der Waals surface area contributed by atoms with E-state index in [-0.39, 0.29) is 0 Å². The minimum absolute atomic E-state index is 1.09. The van der Waals surface area contributed by atoms with E-state index < -0.39 is 0 Å². The predicted octanol–water partition coefficient (Wildman–Crippen LogP) is 4.63. The predicted molar refractivity (Wildman–Crippen MR) is 65.4 cm³/mol. The highest BCUT2D eigenvalue weighted by Crippen LogP contribution is 1.95. The number of hydrogen-bond acceptors (Lipinski definition) is 0. The summed E-state index contributed by atoms with van der Waals surface area (Å²) in [5.74, 6) is 0. The molecule has 74 valence electrons. The number of hydrogen-bond donors (Lipinski definition) is 0. The molecule has 13 heavy (non-hydrogen) atoms. The van der Waals surface area contributed by atoms with Crippen LogP contribution in [-0.4, -0.2) is 5.33 Å². The molecule has 0 bridgehead atoms. The fourth-order valence-electron chi connectivity index (χ4n) is 0.840. The van der Waals surface area contributed by atoms with Gasteiger partial charge in [0.25, 0.3) is 0 Å². The third-order valence-corrected chi connectivity index (χ3v) is 2.13. The van der Waals surface area contributed by atoms with Crippen molar-refractivity contribution in [3.63, 3.8) is 0 Å². The summed E-state index contributed by atoms with van der Waals surface area (Å²) in [4.78, 5) is 0. The quantitative estimate of drug-likeness (QED) is 0.347. The SMILES string of the molecule is CCC/C=C/C=C/C=C/CCCBr. The number of unbranched alkanes of at least 4 members (excludes halogenated alkanes) is 2. The summed E-state index contributed by atoms with van der Waals surface area (Å²) in [6.07, 6.45) is 17.6. The van der Waals surface area contributed by atoms with Crippen molar-refractivity contribution in [2.24, 2.45) is 0 Å². The van der Waals surface area contributed by atoms with Crippen LogP contribution in [-0.2, 0) is 0 Å². The Morgan fingerprint density at radius 1 is 0.923 bits per heavy atom. The third-order valence-electron chi connectivity index (χ3n) is 1.57. The van der Waals surface area contributed by atoms with Gasteiger partial charge in [0.2, 0.25) is 0 Å². The van der Waals surface area contributed by atoms with E-state index in [9.17, 15) is 0 Å². The molecule has 0 aliphatic heterocycles. The Kier molecular flexibility index (Phi) is 11.4. The smallest absolute Gasteiger partial charge is 0.00342 e. The molecule has 1 heteroatoms. The first-order valence-electron chi connectivity index (χ1n) is 4.96. The highest BCUT2D eigenvalue weighted by molar-refractivity contribution is 9.09. The number of rotatable bonds is 7. The average Bonchev–Trinajstić information content (AvgIpc) is 2.16. The molecule has 0 aliphatic rings. The lowest BCUT2D eigenvalue weighted by Crippen LogP contribution is -1.68. The monoisotopic (exact) mass is 242 g/mol. The van der Waals surface area contributed by atoms with E-state index in [1.165, 1.54) is 19.3 Å². The van der Waals surface area contributed by atoms with Gasteiger partial charge in [-0.15, -0.1) is 0 Å². The summed E-state index contributed by atoms with van der Waals surface area (Å²) in [5.41, 5.74) is 0. The molecule has 0 amide bonds. The van der Waals surface area contributed by atoms with Gasteiger partial charge in [-0.25, -0.2) is 0 Å². The van der Waals surface area contributed by atoms with Crippen molar-refractivity contribution >= 4 is 15.9 Å². The number of alkyl halides is 1. The molecule has 0 radical (unpaired) electrons. The number of halogens is 1. The molecule has 0 saturated carbocycles. The van der Waals surface area contributed by atoms with Crippen LogP contribution in [0.15, 0.2) is 36.5 Å². The van der Waals surface area contributed by atoms with E-state index in [0.29, 0.717) is 0 Å². The molecule has 0 fully saturated rings. The summed E-state index contributed by atoms with van der Waals surface area (Å²) in [6.45, 7) is 2.19. The normalized spacial score (nSPS) is 12.5. The second-order valence-corrected chi connectivity index (χ2v) is 3.65. The molecule has 0 nitrogen and oxygen atoms in total. The Labute approximate surface area is 90.6 Å². The fraction of sp³-hybridized carbons (Fsp3) is 0.500. The van der Waals surface area contributed by atoms with Gasteiger partial charge >= 0.3 is 0 Å². The second-order valence-electron chi connectivity index (χ2n) is 2.86. The molecule has 0 spiro atoms. The van der Waals surface area contributed by atoms with E-state index >= 15 is 0 Å². The molecule has 0 aromatic heterocycles. The third kappa shape index (κ3) is 11.7. The van der Waals surface area contributed by atoms with Gasteiger partial charge in [0, 0.05) is 5.33 Å². The standard InChI is InChI=1S/C12H19Br/c1-2-3-4-5-6-7-8-9-10-11-12-13/h4-9H,2-3,10-12H2,1H3/b5-4+,7-6+,9-8+. The van der Waals surface area contributed by atoms with E-state index in [2.05, 4.69) is 59.3 Å². The van der Waals surface area contributed by atoms with E-state index in [0.717, 1.165) is 11.8 Å². The molecular formula is C12H19Br. The van der Waals surface area contributed by atoms with Crippen molar-refractivity contribution in [3.8, 4) is 0 Å². The first-order chi connectivity index (χ1) is 6.41. The van der Waals surface area contributed by atoms with Crippen molar-refractivity contribution in [1.29, 1.82) is 0 Å². The molecule has 0 aromatic carbocycles. The fourth-order valence-corrected chi connectivity index (χ4v) is 1.16. The van der Waals surface area contributed by atoms with Crippen LogP contribution in [0, 0.1) is 0 Å². The van der Waals surface area contributed by atoms with Gasteiger partial charge < -0.3 is 0 Å². The van der Waals surface area contributed by atoms with Crippen LogP contribution in [0.2, 0.25) is 0 Å². The summed E-state index contributed by atoms with van der Waals surface area (Å²) < 4.78 is 0. The minimum Gasteiger partial charge on any atom is -0.0928 e. The first kappa shape index (κ1) is 12.7. The van der Waals surface area contributed by atoms with E-state index in [1.807, 2.05) is 0 Å². The Morgan fingerprint density at radius 3 is 2.08 bits per heavy atom. The molecule has 0 atom stereocenters. The second kappa shape index (κ2) is 11.7. The van der Waals surface area contributed by atoms with Crippen LogP contribution >= 0.6 is 15.9 Å². The molecule has 0 unspecified atom stereocenters. The molecular weight excluding hydrogens is 224 g/mol.